The van der Waals surface area contributed by atoms with Gasteiger partial charge in [0.05, 0.1) is 11.3 Å². The first kappa shape index (κ1) is 10.7. The van der Waals surface area contributed by atoms with Crippen molar-refractivity contribution >= 4 is 17.5 Å². The van der Waals surface area contributed by atoms with Crippen LogP contribution < -0.4 is 11.1 Å². The highest BCUT2D eigenvalue weighted by atomic mass is 16.4. The number of nitrogen functional groups attached to an aromatic ring is 1. The molecule has 16 heavy (non-hydrogen) atoms. The topological polar surface area (TPSA) is 88.2 Å². The lowest BCUT2D eigenvalue weighted by Gasteiger charge is -2.25. The van der Waals surface area contributed by atoms with E-state index < -0.39 is 5.97 Å². The number of nitrogens with two attached hydrogens (primary N) is 1. The molecule has 0 aromatic carbocycles. The molecule has 1 aromatic rings. The lowest BCUT2D eigenvalue weighted by Crippen LogP contribution is -2.21. The molecule has 1 aliphatic rings. The SMILES string of the molecule is Nc1cc(C(=O)O)cnc1NCC1CCC1. The molecule has 5 heteroatoms. The Balaban J connectivity index is 2.00. The molecule has 2 rings (SSSR count). The third kappa shape index (κ3) is 2.24. The van der Waals surface area contributed by atoms with E-state index in [0.29, 0.717) is 17.4 Å². The van der Waals surface area contributed by atoms with Crippen LogP contribution in [0.1, 0.15) is 29.6 Å². The molecule has 5 nitrogen and oxygen atoms in total. The predicted molar refractivity (Wildman–Crippen MR) is 61.4 cm³/mol. The minimum Gasteiger partial charge on any atom is -0.478 e. The van der Waals surface area contributed by atoms with Crippen LogP contribution in [0.4, 0.5) is 11.5 Å². The van der Waals surface area contributed by atoms with Gasteiger partial charge in [-0.05, 0) is 24.8 Å². The number of anilines is 2. The molecule has 0 bridgehead atoms. The minimum atomic E-state index is -1.01. The zero-order valence-corrected chi connectivity index (χ0v) is 8.94. The highest BCUT2D eigenvalue weighted by Gasteiger charge is 2.17. The molecule has 1 aliphatic carbocycles. The molecule has 1 fully saturated rings. The van der Waals surface area contributed by atoms with Crippen LogP contribution in [0.5, 0.6) is 0 Å². The Morgan fingerprint density at radius 2 is 2.38 bits per heavy atom. The van der Waals surface area contributed by atoms with E-state index >= 15 is 0 Å². The number of pyridine rings is 1. The number of aromatic nitrogens is 1. The molecule has 1 saturated carbocycles. The van der Waals surface area contributed by atoms with E-state index in [0.717, 1.165) is 6.54 Å². The molecular formula is C11H15N3O2. The first-order valence-corrected chi connectivity index (χ1v) is 5.39. The average Bonchev–Trinajstić information content (AvgIpc) is 2.17. The summed E-state index contributed by atoms with van der Waals surface area (Å²) in [4.78, 5) is 14.7. The van der Waals surface area contributed by atoms with Gasteiger partial charge >= 0.3 is 5.97 Å². The van der Waals surface area contributed by atoms with E-state index in [1.165, 1.54) is 31.5 Å². The number of carboxylic acid groups (broad SMARTS) is 1. The maximum atomic E-state index is 10.7. The number of hydrogen-bond acceptors (Lipinski definition) is 4. The summed E-state index contributed by atoms with van der Waals surface area (Å²) in [5, 5.41) is 11.9. The number of nitrogens with zero attached hydrogens (tertiary/aromatic N) is 1. The molecular weight excluding hydrogens is 206 g/mol. The number of carbonyl (C=O) groups is 1. The highest BCUT2D eigenvalue weighted by Crippen LogP contribution is 2.27. The zero-order chi connectivity index (χ0) is 11.5. The van der Waals surface area contributed by atoms with E-state index in [9.17, 15) is 4.79 Å². The van der Waals surface area contributed by atoms with Crippen molar-refractivity contribution in [1.29, 1.82) is 0 Å². The third-order valence-corrected chi connectivity index (χ3v) is 2.95. The minimum absolute atomic E-state index is 0.117. The van der Waals surface area contributed by atoms with E-state index in [4.69, 9.17) is 10.8 Å². The van der Waals surface area contributed by atoms with Crippen LogP contribution >= 0.6 is 0 Å². The van der Waals surface area contributed by atoms with Crippen LogP contribution in [0.15, 0.2) is 12.3 Å². The summed E-state index contributed by atoms with van der Waals surface area (Å²) in [5.41, 5.74) is 6.22. The van der Waals surface area contributed by atoms with Gasteiger partial charge in [-0.1, -0.05) is 6.42 Å². The summed E-state index contributed by atoms with van der Waals surface area (Å²) in [6, 6.07) is 1.43. The van der Waals surface area contributed by atoms with Gasteiger partial charge in [0.1, 0.15) is 5.82 Å². The Morgan fingerprint density at radius 1 is 1.62 bits per heavy atom. The monoisotopic (exact) mass is 221 g/mol. The molecule has 0 radical (unpaired) electrons. The lowest BCUT2D eigenvalue weighted by atomic mass is 9.85. The van der Waals surface area contributed by atoms with Crippen LogP contribution in [0.3, 0.4) is 0 Å². The molecule has 4 N–H and O–H groups in total. The number of aromatic carboxylic acids is 1. The molecule has 86 valence electrons. The Hall–Kier alpha value is -1.78. The fraction of sp³-hybridized carbons (Fsp3) is 0.455. The summed E-state index contributed by atoms with van der Waals surface area (Å²) < 4.78 is 0. The normalized spacial score (nSPS) is 15.5. The number of nitrogens with one attached hydrogen (secondary N) is 1. The van der Waals surface area contributed by atoms with E-state index in [-0.39, 0.29) is 5.56 Å². The summed E-state index contributed by atoms with van der Waals surface area (Å²) in [7, 11) is 0. The fourth-order valence-corrected chi connectivity index (χ4v) is 1.68. The first-order valence-electron chi connectivity index (χ1n) is 5.39. The molecule has 0 saturated heterocycles. The van der Waals surface area contributed by atoms with Crippen molar-refractivity contribution in [2.45, 2.75) is 19.3 Å². The van der Waals surface area contributed by atoms with Gasteiger partial charge < -0.3 is 16.2 Å². The second-order valence-electron chi connectivity index (χ2n) is 4.14. The van der Waals surface area contributed by atoms with Gasteiger partial charge in [0.25, 0.3) is 0 Å². The van der Waals surface area contributed by atoms with Crippen LogP contribution in [0.25, 0.3) is 0 Å². The van der Waals surface area contributed by atoms with Crippen molar-refractivity contribution in [3.05, 3.63) is 17.8 Å². The lowest BCUT2D eigenvalue weighted by molar-refractivity contribution is 0.0696. The Kier molecular flexibility index (Phi) is 2.94. The van der Waals surface area contributed by atoms with Crippen molar-refractivity contribution in [3.63, 3.8) is 0 Å². The molecule has 1 heterocycles. The smallest absolute Gasteiger partial charge is 0.337 e. The molecule has 0 unspecified atom stereocenters. The van der Waals surface area contributed by atoms with Crippen LogP contribution in [0, 0.1) is 5.92 Å². The molecule has 0 atom stereocenters. The van der Waals surface area contributed by atoms with E-state index in [2.05, 4.69) is 10.3 Å². The number of rotatable bonds is 4. The number of hydrogen-bond donors (Lipinski definition) is 3. The Labute approximate surface area is 93.7 Å². The third-order valence-electron chi connectivity index (χ3n) is 2.95. The van der Waals surface area contributed by atoms with Crippen molar-refractivity contribution in [2.75, 3.05) is 17.6 Å². The molecule has 0 spiro atoms. The summed E-state index contributed by atoms with van der Waals surface area (Å²) in [6.45, 7) is 0.865. The van der Waals surface area contributed by atoms with Crippen molar-refractivity contribution in [2.24, 2.45) is 5.92 Å². The van der Waals surface area contributed by atoms with Gasteiger partial charge in [-0.3, -0.25) is 0 Å². The standard InChI is InChI=1S/C11H15N3O2/c12-9-4-8(11(15)16)6-14-10(9)13-5-7-2-1-3-7/h4,6-7H,1-3,5,12H2,(H,13,14)(H,15,16). The van der Waals surface area contributed by atoms with Gasteiger partial charge in [-0.2, -0.15) is 0 Å². The van der Waals surface area contributed by atoms with Crippen molar-refractivity contribution in [3.8, 4) is 0 Å². The highest BCUT2D eigenvalue weighted by molar-refractivity contribution is 5.89. The van der Waals surface area contributed by atoms with Gasteiger partial charge in [0.15, 0.2) is 0 Å². The quantitative estimate of drug-likeness (QED) is 0.718. The van der Waals surface area contributed by atoms with Crippen LogP contribution in [-0.4, -0.2) is 22.6 Å². The second-order valence-corrected chi connectivity index (χ2v) is 4.14. The largest absolute Gasteiger partial charge is 0.478 e. The Morgan fingerprint density at radius 3 is 2.88 bits per heavy atom. The van der Waals surface area contributed by atoms with Gasteiger partial charge in [-0.25, -0.2) is 9.78 Å². The predicted octanol–water partition coefficient (Wildman–Crippen LogP) is 1.57. The van der Waals surface area contributed by atoms with E-state index in [1.807, 2.05) is 0 Å². The van der Waals surface area contributed by atoms with Gasteiger partial charge in [0, 0.05) is 12.7 Å². The zero-order valence-electron chi connectivity index (χ0n) is 8.94. The molecule has 1 aromatic heterocycles. The average molecular weight is 221 g/mol. The molecule has 0 amide bonds. The maximum absolute atomic E-state index is 10.7. The van der Waals surface area contributed by atoms with Gasteiger partial charge in [-0.15, -0.1) is 0 Å². The summed E-state index contributed by atoms with van der Waals surface area (Å²) in [5.74, 6) is 0.280. The summed E-state index contributed by atoms with van der Waals surface area (Å²) >= 11 is 0. The first-order chi connectivity index (χ1) is 7.66. The van der Waals surface area contributed by atoms with Gasteiger partial charge in [0.2, 0.25) is 0 Å². The summed E-state index contributed by atoms with van der Waals surface area (Å²) in [6.07, 6.45) is 5.12. The number of carboxylic acids is 1. The van der Waals surface area contributed by atoms with Crippen LogP contribution in [0.2, 0.25) is 0 Å². The molecule has 0 aliphatic heterocycles. The van der Waals surface area contributed by atoms with E-state index in [1.54, 1.807) is 0 Å². The Bertz CT molecular complexity index is 402. The van der Waals surface area contributed by atoms with Crippen molar-refractivity contribution < 1.29 is 9.90 Å². The maximum Gasteiger partial charge on any atom is 0.337 e. The van der Waals surface area contributed by atoms with Crippen molar-refractivity contribution in [1.82, 2.24) is 4.98 Å². The second kappa shape index (κ2) is 4.38. The van der Waals surface area contributed by atoms with Crippen LogP contribution in [-0.2, 0) is 0 Å². The fourth-order valence-electron chi connectivity index (χ4n) is 1.68.